The molecule has 0 radical (unpaired) electrons. The van der Waals surface area contributed by atoms with Gasteiger partial charge in [0.2, 0.25) is 0 Å². The van der Waals surface area contributed by atoms with Gasteiger partial charge < -0.3 is 8.83 Å². The van der Waals surface area contributed by atoms with Crippen LogP contribution in [0.2, 0.25) is 0 Å². The number of hydrogen-bond donors (Lipinski definition) is 0. The van der Waals surface area contributed by atoms with Gasteiger partial charge in [-0.1, -0.05) is 127 Å². The van der Waals surface area contributed by atoms with Crippen LogP contribution in [-0.4, -0.2) is 0 Å². The third-order valence-corrected chi connectivity index (χ3v) is 9.52. The molecule has 0 unspecified atom stereocenters. The third-order valence-electron chi connectivity index (χ3n) is 9.52. The molecule has 214 valence electrons. The molecule has 2 nitrogen and oxygen atoms in total. The van der Waals surface area contributed by atoms with Crippen LogP contribution in [0, 0.1) is 0 Å². The highest BCUT2D eigenvalue weighted by Crippen LogP contribution is 2.49. The fourth-order valence-electron chi connectivity index (χ4n) is 7.52. The molecule has 0 aliphatic rings. The van der Waals surface area contributed by atoms with E-state index in [1.165, 1.54) is 54.6 Å². The fraction of sp³-hybridized carbons (Fsp3) is 0. The third kappa shape index (κ3) is 3.59. The molecule has 0 aliphatic heterocycles. The van der Waals surface area contributed by atoms with Crippen molar-refractivity contribution in [3.05, 3.63) is 158 Å². The molecule has 0 amide bonds. The quantitative estimate of drug-likeness (QED) is 0.193. The Labute approximate surface area is 264 Å². The van der Waals surface area contributed by atoms with Gasteiger partial charge in [0.05, 0.1) is 6.26 Å². The van der Waals surface area contributed by atoms with Crippen LogP contribution >= 0.6 is 0 Å². The second kappa shape index (κ2) is 9.69. The Kier molecular flexibility index (Phi) is 5.31. The van der Waals surface area contributed by atoms with Gasteiger partial charge >= 0.3 is 0 Å². The van der Waals surface area contributed by atoms with Gasteiger partial charge in [-0.2, -0.15) is 0 Å². The summed E-state index contributed by atoms with van der Waals surface area (Å²) in [5.41, 5.74) is 9.60. The lowest BCUT2D eigenvalue weighted by atomic mass is 9.84. The topological polar surface area (TPSA) is 26.3 Å². The highest BCUT2D eigenvalue weighted by atomic mass is 16.3. The van der Waals surface area contributed by atoms with Crippen LogP contribution in [0.25, 0.3) is 98.6 Å². The molecular weight excluding hydrogens is 560 g/mol. The molecule has 0 N–H and O–H groups in total. The predicted molar refractivity (Wildman–Crippen MR) is 192 cm³/mol. The Morgan fingerprint density at radius 1 is 0.370 bits per heavy atom. The monoisotopic (exact) mass is 586 g/mol. The second-order valence-corrected chi connectivity index (χ2v) is 12.0. The van der Waals surface area contributed by atoms with Gasteiger partial charge in [0.1, 0.15) is 16.7 Å². The zero-order chi connectivity index (χ0) is 30.2. The lowest BCUT2D eigenvalue weighted by molar-refractivity contribution is 0.617. The zero-order valence-electron chi connectivity index (χ0n) is 24.8. The largest absolute Gasteiger partial charge is 0.464 e. The second-order valence-electron chi connectivity index (χ2n) is 12.0. The van der Waals surface area contributed by atoms with Gasteiger partial charge in [-0.3, -0.25) is 0 Å². The highest BCUT2D eigenvalue weighted by Gasteiger charge is 2.23. The van der Waals surface area contributed by atoms with Crippen molar-refractivity contribution in [2.75, 3.05) is 0 Å². The maximum absolute atomic E-state index is 6.95. The van der Waals surface area contributed by atoms with Gasteiger partial charge in [0.25, 0.3) is 0 Å². The lowest BCUT2D eigenvalue weighted by Crippen LogP contribution is -1.92. The van der Waals surface area contributed by atoms with Gasteiger partial charge in [0, 0.05) is 38.4 Å². The Bertz CT molecular complexity index is 2740. The van der Waals surface area contributed by atoms with Crippen molar-refractivity contribution in [1.29, 1.82) is 0 Å². The maximum atomic E-state index is 6.95. The van der Waals surface area contributed by atoms with Crippen molar-refractivity contribution in [2.45, 2.75) is 0 Å². The molecule has 10 rings (SSSR count). The summed E-state index contributed by atoms with van der Waals surface area (Å²) in [4.78, 5) is 0. The zero-order valence-corrected chi connectivity index (χ0v) is 24.8. The summed E-state index contributed by atoms with van der Waals surface area (Å²) in [7, 11) is 0. The van der Waals surface area contributed by atoms with Gasteiger partial charge in [-0.15, -0.1) is 0 Å². The van der Waals surface area contributed by atoms with E-state index in [0.717, 1.165) is 44.0 Å². The van der Waals surface area contributed by atoms with Crippen LogP contribution in [0.1, 0.15) is 0 Å². The number of hydrogen-bond acceptors (Lipinski definition) is 2. The molecule has 46 heavy (non-hydrogen) atoms. The number of fused-ring (bicyclic) bond motifs is 7. The summed E-state index contributed by atoms with van der Waals surface area (Å²) in [6, 6.07) is 54.1. The molecule has 2 heterocycles. The Balaban J connectivity index is 1.37. The van der Waals surface area contributed by atoms with Crippen molar-refractivity contribution >= 4 is 65.2 Å². The van der Waals surface area contributed by atoms with E-state index in [-0.39, 0.29) is 0 Å². The minimum Gasteiger partial charge on any atom is -0.464 e. The van der Waals surface area contributed by atoms with Crippen LogP contribution < -0.4 is 0 Å². The number of rotatable bonds is 3. The number of benzene rings is 8. The average Bonchev–Trinajstić information content (AvgIpc) is 3.75. The van der Waals surface area contributed by atoms with Crippen molar-refractivity contribution in [3.63, 3.8) is 0 Å². The van der Waals surface area contributed by atoms with E-state index in [1.807, 2.05) is 6.07 Å². The van der Waals surface area contributed by atoms with Gasteiger partial charge in [0.15, 0.2) is 0 Å². The minimum absolute atomic E-state index is 0.896. The molecule has 0 spiro atoms. The maximum Gasteiger partial charge on any atom is 0.143 e. The van der Waals surface area contributed by atoms with Crippen molar-refractivity contribution in [2.24, 2.45) is 0 Å². The normalized spacial score (nSPS) is 11.9. The molecule has 0 saturated carbocycles. The van der Waals surface area contributed by atoms with E-state index in [9.17, 15) is 0 Å². The molecule has 0 atom stereocenters. The summed E-state index contributed by atoms with van der Waals surface area (Å²) in [5.74, 6) is 0. The Morgan fingerprint density at radius 2 is 0.935 bits per heavy atom. The number of furan rings is 2. The molecule has 2 aromatic heterocycles. The van der Waals surface area contributed by atoms with Crippen LogP contribution in [0.15, 0.2) is 167 Å². The SMILES string of the molecule is c1ccc(-c2ccc(-c3c4ccccc4c(-c4cccc5ccoc45)c4ccccc34)c3oc4cc5ccccc5cc4c23)cc1. The molecular formula is C44H26O2. The van der Waals surface area contributed by atoms with E-state index in [4.69, 9.17) is 8.83 Å². The van der Waals surface area contributed by atoms with Gasteiger partial charge in [-0.25, -0.2) is 0 Å². The van der Waals surface area contributed by atoms with Crippen molar-refractivity contribution in [1.82, 2.24) is 0 Å². The van der Waals surface area contributed by atoms with Crippen molar-refractivity contribution in [3.8, 4) is 33.4 Å². The molecule has 0 bridgehead atoms. The minimum atomic E-state index is 0.896. The first-order valence-electron chi connectivity index (χ1n) is 15.7. The average molecular weight is 587 g/mol. The predicted octanol–water partition coefficient (Wildman–Crippen LogP) is 12.8. The molecule has 0 aliphatic carbocycles. The van der Waals surface area contributed by atoms with E-state index < -0.39 is 0 Å². The standard InChI is InChI=1S/C44H26O2/c1-2-11-27(12-3-1)31-21-22-37(44-42(31)38-25-29-13-4-5-14-30(29)26-39(38)46-44)41-34-18-8-6-16-32(34)40(33-17-7-9-19-35(33)41)36-20-10-15-28-23-24-45-43(28)36/h1-26H. The summed E-state index contributed by atoms with van der Waals surface area (Å²) >= 11 is 0. The van der Waals surface area contributed by atoms with E-state index in [1.54, 1.807) is 6.26 Å². The Hall–Kier alpha value is -6.12. The first-order chi connectivity index (χ1) is 22.8. The van der Waals surface area contributed by atoms with Crippen molar-refractivity contribution < 1.29 is 8.83 Å². The Morgan fingerprint density at radius 3 is 1.63 bits per heavy atom. The molecule has 0 saturated heterocycles. The molecule has 8 aromatic carbocycles. The first-order valence-corrected chi connectivity index (χ1v) is 15.7. The first kappa shape index (κ1) is 25.2. The van der Waals surface area contributed by atoms with E-state index in [0.29, 0.717) is 0 Å². The molecule has 2 heteroatoms. The molecule has 0 fully saturated rings. The van der Waals surface area contributed by atoms with E-state index in [2.05, 4.69) is 146 Å². The summed E-state index contributed by atoms with van der Waals surface area (Å²) in [6.45, 7) is 0. The van der Waals surface area contributed by atoms with Gasteiger partial charge in [-0.05, 0) is 67.7 Å². The smallest absolute Gasteiger partial charge is 0.143 e. The molecule has 10 aromatic rings. The van der Waals surface area contributed by atoms with Crippen LogP contribution in [0.3, 0.4) is 0 Å². The summed E-state index contributed by atoms with van der Waals surface area (Å²) in [6.07, 6.45) is 1.78. The van der Waals surface area contributed by atoms with E-state index >= 15 is 0 Å². The summed E-state index contributed by atoms with van der Waals surface area (Å²) in [5, 5.41) is 10.5. The fourth-order valence-corrected chi connectivity index (χ4v) is 7.52. The van der Waals surface area contributed by atoms with Crippen LogP contribution in [0.5, 0.6) is 0 Å². The lowest BCUT2D eigenvalue weighted by Gasteiger charge is -2.18. The summed E-state index contributed by atoms with van der Waals surface area (Å²) < 4.78 is 13.0. The van der Waals surface area contributed by atoms with Crippen LogP contribution in [0.4, 0.5) is 0 Å². The highest BCUT2D eigenvalue weighted by molar-refractivity contribution is 6.27. The van der Waals surface area contributed by atoms with Crippen LogP contribution in [-0.2, 0) is 0 Å². The number of para-hydroxylation sites is 1.